The van der Waals surface area contributed by atoms with Crippen molar-refractivity contribution in [1.82, 2.24) is 4.90 Å². The Kier molecular flexibility index (Phi) is 1.92. The minimum atomic E-state index is -2.35. The summed E-state index contributed by atoms with van der Waals surface area (Å²) in [5.41, 5.74) is -0.605. The molecule has 1 aliphatic carbocycles. The minimum Gasteiger partial charge on any atom is -0.304 e. The van der Waals surface area contributed by atoms with Crippen molar-refractivity contribution in [2.75, 3.05) is 13.6 Å². The number of halogens is 2. The Balaban J connectivity index is 2.04. The van der Waals surface area contributed by atoms with Crippen LogP contribution in [0.5, 0.6) is 0 Å². The molecule has 2 rings (SSSR count). The van der Waals surface area contributed by atoms with E-state index in [0.29, 0.717) is 18.9 Å². The van der Waals surface area contributed by atoms with E-state index in [4.69, 9.17) is 0 Å². The van der Waals surface area contributed by atoms with E-state index in [1.54, 1.807) is 0 Å². The largest absolute Gasteiger partial charge is 0.304 e. The van der Waals surface area contributed by atoms with Crippen LogP contribution in [0.4, 0.5) is 8.78 Å². The van der Waals surface area contributed by atoms with E-state index in [1.165, 1.54) is 0 Å². The maximum atomic E-state index is 13.1. The second-order valence-electron chi connectivity index (χ2n) is 4.78. The van der Waals surface area contributed by atoms with E-state index in [1.807, 2.05) is 7.05 Å². The lowest BCUT2D eigenvalue weighted by atomic mass is 9.95. The summed E-state index contributed by atoms with van der Waals surface area (Å²) in [5, 5.41) is 0. The fourth-order valence-electron chi connectivity index (χ4n) is 2.36. The van der Waals surface area contributed by atoms with E-state index in [-0.39, 0.29) is 6.42 Å². The molecule has 2 unspecified atom stereocenters. The van der Waals surface area contributed by atoms with Crippen LogP contribution in [0.15, 0.2) is 0 Å². The van der Waals surface area contributed by atoms with Crippen molar-refractivity contribution in [2.24, 2.45) is 5.41 Å². The van der Waals surface area contributed by atoms with Crippen molar-refractivity contribution in [3.63, 3.8) is 0 Å². The second kappa shape index (κ2) is 2.66. The van der Waals surface area contributed by atoms with Gasteiger partial charge in [0.2, 0.25) is 0 Å². The Hall–Kier alpha value is -0.180. The standard InChI is InChI=1S/C10H17F2N/c1-8-3-4-9(5-6-13(8)2)7-10(9,11)12/h8H,3-7H2,1-2H3. The van der Waals surface area contributed by atoms with Crippen molar-refractivity contribution in [1.29, 1.82) is 0 Å². The van der Waals surface area contributed by atoms with Gasteiger partial charge in [0.25, 0.3) is 5.92 Å². The van der Waals surface area contributed by atoms with Crippen LogP contribution in [0.3, 0.4) is 0 Å². The molecule has 0 aromatic heterocycles. The van der Waals surface area contributed by atoms with Gasteiger partial charge in [-0.05, 0) is 39.8 Å². The molecule has 0 N–H and O–H groups in total. The summed E-state index contributed by atoms with van der Waals surface area (Å²) in [7, 11) is 2.03. The third-order valence-electron chi connectivity index (χ3n) is 3.95. The molecule has 1 spiro atoms. The summed E-state index contributed by atoms with van der Waals surface area (Å²) in [6.07, 6.45) is 2.46. The first-order valence-corrected chi connectivity index (χ1v) is 5.05. The molecule has 2 atom stereocenters. The lowest BCUT2D eigenvalue weighted by Crippen LogP contribution is -2.28. The van der Waals surface area contributed by atoms with Gasteiger partial charge in [0, 0.05) is 17.9 Å². The van der Waals surface area contributed by atoms with Gasteiger partial charge in [-0.25, -0.2) is 8.78 Å². The zero-order valence-electron chi connectivity index (χ0n) is 8.32. The Morgan fingerprint density at radius 3 is 2.46 bits per heavy atom. The predicted molar refractivity (Wildman–Crippen MR) is 47.9 cm³/mol. The van der Waals surface area contributed by atoms with Gasteiger partial charge in [-0.1, -0.05) is 0 Å². The molecule has 1 nitrogen and oxygen atoms in total. The van der Waals surface area contributed by atoms with Crippen LogP contribution < -0.4 is 0 Å². The van der Waals surface area contributed by atoms with Gasteiger partial charge in [-0.15, -0.1) is 0 Å². The highest BCUT2D eigenvalue weighted by molar-refractivity contribution is 5.11. The van der Waals surface area contributed by atoms with E-state index in [0.717, 1.165) is 13.0 Å². The van der Waals surface area contributed by atoms with Crippen LogP contribution in [0.1, 0.15) is 32.6 Å². The van der Waals surface area contributed by atoms with Crippen LogP contribution in [0.2, 0.25) is 0 Å². The zero-order valence-corrected chi connectivity index (χ0v) is 8.32. The lowest BCUT2D eigenvalue weighted by molar-refractivity contribution is 0.0578. The molecule has 1 saturated carbocycles. The van der Waals surface area contributed by atoms with Gasteiger partial charge >= 0.3 is 0 Å². The van der Waals surface area contributed by atoms with Crippen molar-refractivity contribution in [3.8, 4) is 0 Å². The van der Waals surface area contributed by atoms with Crippen LogP contribution in [0, 0.1) is 5.41 Å². The SMILES string of the molecule is CC1CCC2(CCN1C)CC2(F)F. The van der Waals surface area contributed by atoms with Crippen molar-refractivity contribution >= 4 is 0 Å². The van der Waals surface area contributed by atoms with E-state index < -0.39 is 11.3 Å². The Bertz CT molecular complexity index is 203. The van der Waals surface area contributed by atoms with E-state index in [9.17, 15) is 8.78 Å². The second-order valence-corrected chi connectivity index (χ2v) is 4.78. The molecule has 0 aromatic rings. The molecule has 3 heteroatoms. The number of hydrogen-bond acceptors (Lipinski definition) is 1. The Labute approximate surface area is 78.1 Å². The molecule has 0 radical (unpaired) electrons. The maximum absolute atomic E-state index is 13.1. The summed E-state index contributed by atoms with van der Waals surface area (Å²) in [5.74, 6) is -2.35. The highest BCUT2D eigenvalue weighted by Crippen LogP contribution is 2.66. The van der Waals surface area contributed by atoms with Gasteiger partial charge in [-0.3, -0.25) is 0 Å². The summed E-state index contributed by atoms with van der Waals surface area (Å²) >= 11 is 0. The van der Waals surface area contributed by atoms with E-state index >= 15 is 0 Å². The van der Waals surface area contributed by atoms with Crippen LogP contribution in [-0.2, 0) is 0 Å². The minimum absolute atomic E-state index is 0.139. The van der Waals surface area contributed by atoms with Gasteiger partial charge in [0.15, 0.2) is 0 Å². The molecule has 13 heavy (non-hydrogen) atoms. The molecule has 1 aliphatic heterocycles. The normalized spacial score (nSPS) is 44.8. The Morgan fingerprint density at radius 2 is 1.92 bits per heavy atom. The first-order chi connectivity index (χ1) is 5.97. The number of likely N-dealkylation sites (tertiary alicyclic amines) is 1. The lowest BCUT2D eigenvalue weighted by Gasteiger charge is -2.20. The monoisotopic (exact) mass is 189 g/mol. The molecule has 1 saturated heterocycles. The van der Waals surface area contributed by atoms with Gasteiger partial charge in [-0.2, -0.15) is 0 Å². The van der Waals surface area contributed by atoms with E-state index in [2.05, 4.69) is 11.8 Å². The van der Waals surface area contributed by atoms with Crippen molar-refractivity contribution in [2.45, 2.75) is 44.6 Å². The summed E-state index contributed by atoms with van der Waals surface area (Å²) in [4.78, 5) is 2.20. The number of nitrogens with zero attached hydrogens (tertiary/aromatic N) is 1. The summed E-state index contributed by atoms with van der Waals surface area (Å²) in [6.45, 7) is 2.95. The summed E-state index contributed by atoms with van der Waals surface area (Å²) < 4.78 is 26.2. The van der Waals surface area contributed by atoms with Crippen LogP contribution in [0.25, 0.3) is 0 Å². The highest BCUT2D eigenvalue weighted by atomic mass is 19.3. The first kappa shape index (κ1) is 9.38. The van der Waals surface area contributed by atoms with Gasteiger partial charge in [0.1, 0.15) is 0 Å². The fraction of sp³-hybridized carbons (Fsp3) is 1.00. The maximum Gasteiger partial charge on any atom is 0.254 e. The van der Waals surface area contributed by atoms with Crippen LogP contribution >= 0.6 is 0 Å². The molecule has 0 amide bonds. The Morgan fingerprint density at radius 1 is 1.31 bits per heavy atom. The third kappa shape index (κ3) is 1.37. The molecule has 2 fully saturated rings. The molecule has 76 valence electrons. The highest BCUT2D eigenvalue weighted by Gasteiger charge is 2.70. The number of rotatable bonds is 0. The number of hydrogen-bond donors (Lipinski definition) is 0. The molecule has 0 aromatic carbocycles. The van der Waals surface area contributed by atoms with Crippen LogP contribution in [-0.4, -0.2) is 30.5 Å². The average Bonchev–Trinajstić information content (AvgIpc) is 2.63. The molecule has 2 aliphatic rings. The number of alkyl halides is 2. The quantitative estimate of drug-likeness (QED) is 0.566. The van der Waals surface area contributed by atoms with Gasteiger partial charge in [0.05, 0.1) is 0 Å². The molecular weight excluding hydrogens is 172 g/mol. The average molecular weight is 189 g/mol. The van der Waals surface area contributed by atoms with Gasteiger partial charge < -0.3 is 4.90 Å². The summed E-state index contributed by atoms with van der Waals surface area (Å²) in [6, 6.07) is 0.468. The topological polar surface area (TPSA) is 3.24 Å². The third-order valence-corrected chi connectivity index (χ3v) is 3.95. The first-order valence-electron chi connectivity index (χ1n) is 5.05. The fourth-order valence-corrected chi connectivity index (χ4v) is 2.36. The molecular formula is C10H17F2N. The zero-order chi connectivity index (χ0) is 9.69. The predicted octanol–water partition coefficient (Wildman–Crippen LogP) is 2.52. The van der Waals surface area contributed by atoms with Crippen molar-refractivity contribution in [3.05, 3.63) is 0 Å². The smallest absolute Gasteiger partial charge is 0.254 e. The van der Waals surface area contributed by atoms with Crippen molar-refractivity contribution < 1.29 is 8.78 Å². The molecule has 0 bridgehead atoms. The molecule has 1 heterocycles.